The fourth-order valence-electron chi connectivity index (χ4n) is 10.6. The first kappa shape index (κ1) is 28.0. The molecule has 42 heavy (non-hydrogen) atoms. The Hall–Kier alpha value is -1.55. The van der Waals surface area contributed by atoms with E-state index in [-0.39, 0.29) is 54.0 Å². The molecule has 11 unspecified atom stereocenters. The third kappa shape index (κ3) is 4.85. The maximum atomic E-state index is 16.5. The number of fused-ring (bicyclic) bond motifs is 4. The highest BCUT2D eigenvalue weighted by molar-refractivity contribution is 6.20. The van der Waals surface area contributed by atoms with Gasteiger partial charge in [-0.05, 0) is 82.3 Å². The number of hydrogen-bond donors (Lipinski definition) is 2. The second-order valence-electron chi connectivity index (χ2n) is 14.9. The summed E-state index contributed by atoms with van der Waals surface area (Å²) >= 11 is 0. The lowest BCUT2D eigenvalue weighted by atomic mass is 9.64. The molecule has 4 saturated heterocycles. The van der Waals surface area contributed by atoms with E-state index in [0.717, 1.165) is 52.1 Å². The van der Waals surface area contributed by atoms with Crippen LogP contribution in [0.2, 0.25) is 0 Å². The number of halogens is 1. The number of hydrogen-bond acceptors (Lipinski definition) is 7. The van der Waals surface area contributed by atoms with Gasteiger partial charge in [0.2, 0.25) is 0 Å². The minimum Gasteiger partial charge on any atom is -0.369 e. The van der Waals surface area contributed by atoms with Gasteiger partial charge in [0, 0.05) is 44.3 Å². The van der Waals surface area contributed by atoms with E-state index in [1.165, 1.54) is 51.4 Å². The Balaban J connectivity index is 1.09. The minimum absolute atomic E-state index is 0.0333. The smallest absolute Gasteiger partial charge is 0.256 e. The topological polar surface area (TPSA) is 77.2 Å². The summed E-state index contributed by atoms with van der Waals surface area (Å²) in [6, 6.07) is 0.0709. The Labute approximate surface area is 250 Å². The van der Waals surface area contributed by atoms with E-state index in [2.05, 4.69) is 25.3 Å². The standard InChI is InChI=1S/C33H50FN5O3/c34-25-16-23-29-32(30(25)38-17-22-8-5-9-35-26(22)19-38)42-28-15-21-7-2-1-6-20(21)14-27(28)39(29)18-24(31(23)40)33(41)36-10-13-37-11-3-4-12-37/h18,20-23,25-30,32,35H,1-17,19H2,(H,36,41). The van der Waals surface area contributed by atoms with Crippen LogP contribution >= 0.6 is 0 Å². The van der Waals surface area contributed by atoms with Crippen molar-refractivity contribution in [2.45, 2.75) is 113 Å². The molecule has 0 spiro atoms. The second kappa shape index (κ2) is 11.4. The van der Waals surface area contributed by atoms with Gasteiger partial charge in [-0.1, -0.05) is 25.7 Å². The van der Waals surface area contributed by atoms with Crippen molar-refractivity contribution in [2.24, 2.45) is 23.7 Å². The summed E-state index contributed by atoms with van der Waals surface area (Å²) in [5, 5.41) is 6.74. The molecule has 5 aliphatic heterocycles. The molecule has 0 bridgehead atoms. The van der Waals surface area contributed by atoms with Crippen molar-refractivity contribution < 1.29 is 18.7 Å². The van der Waals surface area contributed by atoms with Crippen LogP contribution in [0.25, 0.3) is 0 Å². The Bertz CT molecular complexity index is 1070. The van der Waals surface area contributed by atoms with Gasteiger partial charge < -0.3 is 25.2 Å². The number of rotatable bonds is 5. The molecule has 0 radical (unpaired) electrons. The van der Waals surface area contributed by atoms with E-state index in [0.29, 0.717) is 30.3 Å². The van der Waals surface area contributed by atoms with Crippen LogP contribution < -0.4 is 10.6 Å². The van der Waals surface area contributed by atoms with Gasteiger partial charge in [0.25, 0.3) is 5.91 Å². The predicted octanol–water partition coefficient (Wildman–Crippen LogP) is 2.48. The average molecular weight is 584 g/mol. The van der Waals surface area contributed by atoms with Gasteiger partial charge in [0.1, 0.15) is 6.17 Å². The summed E-state index contributed by atoms with van der Waals surface area (Å²) in [5.74, 6) is 0.944. The zero-order chi connectivity index (χ0) is 28.4. The number of carbonyl (C=O) groups excluding carboxylic acids is 2. The lowest BCUT2D eigenvalue weighted by Gasteiger charge is -2.61. The molecule has 232 valence electrons. The molecule has 7 fully saturated rings. The number of ketones is 1. The highest BCUT2D eigenvalue weighted by Crippen LogP contribution is 2.51. The summed E-state index contributed by atoms with van der Waals surface area (Å²) in [4.78, 5) is 34.6. The zero-order valence-electron chi connectivity index (χ0n) is 25.1. The van der Waals surface area contributed by atoms with Crippen LogP contribution in [-0.4, -0.2) is 115 Å². The molecule has 8 rings (SSSR count). The van der Waals surface area contributed by atoms with Crippen molar-refractivity contribution >= 4 is 11.7 Å². The van der Waals surface area contributed by atoms with Gasteiger partial charge in [-0.2, -0.15) is 0 Å². The van der Waals surface area contributed by atoms with Crippen molar-refractivity contribution in [1.29, 1.82) is 0 Å². The van der Waals surface area contributed by atoms with Gasteiger partial charge in [0.15, 0.2) is 5.78 Å². The summed E-state index contributed by atoms with van der Waals surface area (Å²) in [7, 11) is 0. The number of alkyl halides is 1. The molecule has 3 saturated carbocycles. The summed E-state index contributed by atoms with van der Waals surface area (Å²) < 4.78 is 23.5. The first-order valence-electron chi connectivity index (χ1n) is 17.4. The Morgan fingerprint density at radius 3 is 2.57 bits per heavy atom. The molecule has 1 amide bonds. The average Bonchev–Trinajstić information content (AvgIpc) is 3.67. The quantitative estimate of drug-likeness (QED) is 0.482. The van der Waals surface area contributed by atoms with Crippen LogP contribution in [0.3, 0.4) is 0 Å². The Morgan fingerprint density at radius 1 is 0.976 bits per heavy atom. The predicted molar refractivity (Wildman–Crippen MR) is 157 cm³/mol. The van der Waals surface area contributed by atoms with E-state index in [9.17, 15) is 9.59 Å². The number of nitrogens with zero attached hydrogens (tertiary/aromatic N) is 3. The van der Waals surface area contributed by atoms with Crippen molar-refractivity contribution in [3.8, 4) is 0 Å². The van der Waals surface area contributed by atoms with Gasteiger partial charge >= 0.3 is 0 Å². The number of likely N-dealkylation sites (tertiary alicyclic amines) is 2. The molecule has 2 N–H and O–H groups in total. The minimum atomic E-state index is -1.14. The molecule has 0 aromatic heterocycles. The summed E-state index contributed by atoms with van der Waals surface area (Å²) in [5.41, 5.74) is 0.241. The van der Waals surface area contributed by atoms with Crippen LogP contribution in [0.1, 0.15) is 70.6 Å². The summed E-state index contributed by atoms with van der Waals surface area (Å²) in [6.07, 6.45) is 12.7. The van der Waals surface area contributed by atoms with Crippen LogP contribution in [0.15, 0.2) is 11.8 Å². The van der Waals surface area contributed by atoms with E-state index in [4.69, 9.17) is 4.74 Å². The maximum Gasteiger partial charge on any atom is 0.256 e. The van der Waals surface area contributed by atoms with Crippen LogP contribution in [-0.2, 0) is 14.3 Å². The lowest BCUT2D eigenvalue weighted by molar-refractivity contribution is -0.219. The van der Waals surface area contributed by atoms with E-state index < -0.39 is 12.1 Å². The van der Waals surface area contributed by atoms with E-state index >= 15 is 4.39 Å². The molecule has 8 nitrogen and oxygen atoms in total. The molecule has 3 aliphatic carbocycles. The number of carbonyl (C=O) groups is 2. The number of amides is 1. The zero-order valence-corrected chi connectivity index (χ0v) is 25.1. The highest BCUT2D eigenvalue weighted by atomic mass is 19.1. The second-order valence-corrected chi connectivity index (χ2v) is 14.9. The van der Waals surface area contributed by atoms with Crippen molar-refractivity contribution in [1.82, 2.24) is 25.3 Å². The number of Topliss-reactive ketones (excluding diaryl/α,β-unsaturated/α-hetero) is 1. The number of morpholine rings is 1. The Morgan fingerprint density at radius 2 is 1.76 bits per heavy atom. The van der Waals surface area contributed by atoms with Crippen molar-refractivity contribution in [3.05, 3.63) is 11.8 Å². The molecular weight excluding hydrogens is 533 g/mol. The summed E-state index contributed by atoms with van der Waals surface area (Å²) in [6.45, 7) is 6.33. The van der Waals surface area contributed by atoms with E-state index in [1.54, 1.807) is 0 Å². The fourth-order valence-corrected chi connectivity index (χ4v) is 10.6. The van der Waals surface area contributed by atoms with Crippen molar-refractivity contribution in [2.75, 3.05) is 45.8 Å². The third-order valence-electron chi connectivity index (χ3n) is 12.7. The van der Waals surface area contributed by atoms with E-state index in [1.807, 2.05) is 6.20 Å². The number of piperidine rings is 1. The molecular formula is C33H50FN5O3. The van der Waals surface area contributed by atoms with Gasteiger partial charge in [0.05, 0.1) is 35.9 Å². The SMILES string of the molecule is O=C(NCCN1CCCC1)C1=CN2C3CC4CCCCC4CC3OC3C(N4CC5CCCNC5C4)C(F)CC(C1=O)C32. The van der Waals surface area contributed by atoms with Gasteiger partial charge in [-0.15, -0.1) is 0 Å². The normalized spacial score (nSPS) is 45.5. The van der Waals surface area contributed by atoms with Gasteiger partial charge in [-0.25, -0.2) is 4.39 Å². The Kier molecular flexibility index (Phi) is 7.61. The number of nitrogens with one attached hydrogen (secondary N) is 2. The molecule has 8 aliphatic rings. The van der Waals surface area contributed by atoms with Crippen molar-refractivity contribution in [3.63, 3.8) is 0 Å². The molecule has 0 aromatic carbocycles. The van der Waals surface area contributed by atoms with Crippen LogP contribution in [0.4, 0.5) is 4.39 Å². The molecule has 5 heterocycles. The largest absolute Gasteiger partial charge is 0.369 e. The molecule has 11 atom stereocenters. The van der Waals surface area contributed by atoms with Gasteiger partial charge in [-0.3, -0.25) is 14.5 Å². The molecule has 9 heteroatoms. The van der Waals surface area contributed by atoms with Crippen LogP contribution in [0.5, 0.6) is 0 Å². The third-order valence-corrected chi connectivity index (χ3v) is 12.7. The fraction of sp³-hybridized carbons (Fsp3) is 0.879. The van der Waals surface area contributed by atoms with Crippen LogP contribution in [0, 0.1) is 23.7 Å². The monoisotopic (exact) mass is 583 g/mol. The number of ether oxygens (including phenoxy) is 1. The first-order valence-corrected chi connectivity index (χ1v) is 17.4. The first-order chi connectivity index (χ1) is 20.5. The lowest BCUT2D eigenvalue weighted by Crippen LogP contribution is -2.73. The highest BCUT2D eigenvalue weighted by Gasteiger charge is 2.61. The maximum absolute atomic E-state index is 16.5. The molecule has 0 aromatic rings.